The molecule has 0 radical (unpaired) electrons. The van der Waals surface area contributed by atoms with E-state index in [2.05, 4.69) is 63.5 Å². The lowest BCUT2D eigenvalue weighted by Gasteiger charge is -2.30. The van der Waals surface area contributed by atoms with E-state index < -0.39 is 0 Å². The molecule has 1 saturated heterocycles. The standard InChI is InChI=1S/C14H24N2S3/c1-8(2)15-6-12-9(3)16-14(19-12)13-7-17-10(4)11(5)18-13/h8,10-11,13,15H,6-7H2,1-5H3. The topological polar surface area (TPSA) is 24.9 Å². The zero-order valence-electron chi connectivity index (χ0n) is 12.4. The summed E-state index contributed by atoms with van der Waals surface area (Å²) in [5, 5.41) is 6.91. The second kappa shape index (κ2) is 6.83. The van der Waals surface area contributed by atoms with Crippen molar-refractivity contribution < 1.29 is 0 Å². The van der Waals surface area contributed by atoms with Crippen LogP contribution >= 0.6 is 34.9 Å². The fourth-order valence-electron chi connectivity index (χ4n) is 1.96. The number of nitrogens with one attached hydrogen (secondary N) is 1. The van der Waals surface area contributed by atoms with Crippen molar-refractivity contribution in [1.29, 1.82) is 0 Å². The number of aryl methyl sites for hydroxylation is 1. The number of aromatic nitrogens is 1. The molecule has 2 heterocycles. The monoisotopic (exact) mass is 316 g/mol. The van der Waals surface area contributed by atoms with Crippen molar-refractivity contribution >= 4 is 34.9 Å². The van der Waals surface area contributed by atoms with Crippen LogP contribution < -0.4 is 5.32 Å². The molecule has 0 bridgehead atoms. The molecule has 19 heavy (non-hydrogen) atoms. The van der Waals surface area contributed by atoms with Crippen molar-refractivity contribution in [1.82, 2.24) is 10.3 Å². The summed E-state index contributed by atoms with van der Waals surface area (Å²) in [5.41, 5.74) is 1.21. The molecule has 5 heteroatoms. The lowest BCUT2D eigenvalue weighted by molar-refractivity contribution is 0.591. The summed E-state index contributed by atoms with van der Waals surface area (Å²) in [6, 6.07) is 0.533. The summed E-state index contributed by atoms with van der Waals surface area (Å²) in [6.45, 7) is 12.2. The van der Waals surface area contributed by atoms with Gasteiger partial charge in [0.05, 0.1) is 10.9 Å². The maximum Gasteiger partial charge on any atom is 0.107 e. The zero-order valence-corrected chi connectivity index (χ0v) is 14.8. The summed E-state index contributed by atoms with van der Waals surface area (Å²) in [4.78, 5) is 6.22. The first-order valence-corrected chi connectivity index (χ1v) is 9.74. The van der Waals surface area contributed by atoms with Gasteiger partial charge in [-0.2, -0.15) is 11.8 Å². The van der Waals surface area contributed by atoms with Crippen molar-refractivity contribution in [3.8, 4) is 0 Å². The van der Waals surface area contributed by atoms with Crippen LogP contribution in [0.4, 0.5) is 0 Å². The first kappa shape index (κ1) is 15.7. The molecule has 1 N–H and O–H groups in total. The summed E-state index contributed by atoms with van der Waals surface area (Å²) in [7, 11) is 0. The lowest BCUT2D eigenvalue weighted by Crippen LogP contribution is -2.21. The molecule has 3 unspecified atom stereocenters. The van der Waals surface area contributed by atoms with Crippen molar-refractivity contribution in [2.45, 2.75) is 63.0 Å². The number of thiazole rings is 1. The second-order valence-corrected chi connectivity index (χ2v) is 9.57. The highest BCUT2D eigenvalue weighted by Gasteiger charge is 2.29. The van der Waals surface area contributed by atoms with Crippen LogP contribution in [0.1, 0.15) is 48.5 Å². The van der Waals surface area contributed by atoms with E-state index in [1.54, 1.807) is 0 Å². The third-order valence-electron chi connectivity index (χ3n) is 3.41. The molecule has 2 nitrogen and oxygen atoms in total. The Bertz CT molecular complexity index is 417. The largest absolute Gasteiger partial charge is 0.310 e. The Morgan fingerprint density at radius 3 is 2.68 bits per heavy atom. The molecule has 1 aromatic heterocycles. The summed E-state index contributed by atoms with van der Waals surface area (Å²) in [5.74, 6) is 1.21. The predicted octanol–water partition coefficient (Wildman–Crippen LogP) is 4.25. The maximum absolute atomic E-state index is 4.82. The lowest BCUT2D eigenvalue weighted by atomic mass is 10.3. The molecule has 0 amide bonds. The Morgan fingerprint density at radius 1 is 1.32 bits per heavy atom. The van der Waals surface area contributed by atoms with Crippen LogP contribution in [0.5, 0.6) is 0 Å². The Hall–Kier alpha value is 0.290. The van der Waals surface area contributed by atoms with E-state index in [-0.39, 0.29) is 0 Å². The summed E-state index contributed by atoms with van der Waals surface area (Å²) in [6.07, 6.45) is 0. The molecular formula is C14H24N2S3. The predicted molar refractivity (Wildman–Crippen MR) is 90.5 cm³/mol. The van der Waals surface area contributed by atoms with E-state index in [4.69, 9.17) is 4.98 Å². The average molecular weight is 317 g/mol. The van der Waals surface area contributed by atoms with Gasteiger partial charge in [-0.05, 0) is 6.92 Å². The number of nitrogens with zero attached hydrogens (tertiary/aromatic N) is 1. The number of thioether (sulfide) groups is 2. The van der Waals surface area contributed by atoms with Gasteiger partial charge in [0, 0.05) is 33.7 Å². The van der Waals surface area contributed by atoms with E-state index in [0.29, 0.717) is 11.3 Å². The minimum Gasteiger partial charge on any atom is -0.310 e. The minimum absolute atomic E-state index is 0.533. The molecule has 1 aromatic rings. The smallest absolute Gasteiger partial charge is 0.107 e. The van der Waals surface area contributed by atoms with E-state index in [1.165, 1.54) is 21.3 Å². The summed E-state index contributed by atoms with van der Waals surface area (Å²) >= 11 is 6.10. The summed E-state index contributed by atoms with van der Waals surface area (Å²) < 4.78 is 0. The van der Waals surface area contributed by atoms with Gasteiger partial charge in [-0.15, -0.1) is 23.1 Å². The van der Waals surface area contributed by atoms with Gasteiger partial charge in [0.25, 0.3) is 0 Å². The van der Waals surface area contributed by atoms with Crippen LogP contribution in [0.25, 0.3) is 0 Å². The van der Waals surface area contributed by atoms with E-state index >= 15 is 0 Å². The Kier molecular flexibility index (Phi) is 5.64. The van der Waals surface area contributed by atoms with Gasteiger partial charge in [0.2, 0.25) is 0 Å². The van der Waals surface area contributed by atoms with Crippen LogP contribution in [-0.4, -0.2) is 27.3 Å². The Balaban J connectivity index is 2.03. The highest BCUT2D eigenvalue weighted by Crippen LogP contribution is 2.45. The normalized spacial score (nSPS) is 28.0. The number of hydrogen-bond donors (Lipinski definition) is 1. The first-order chi connectivity index (χ1) is 8.97. The van der Waals surface area contributed by atoms with Gasteiger partial charge in [-0.25, -0.2) is 4.98 Å². The highest BCUT2D eigenvalue weighted by atomic mass is 32.2. The molecule has 0 aliphatic carbocycles. The molecule has 0 saturated carbocycles. The Morgan fingerprint density at radius 2 is 2.05 bits per heavy atom. The van der Waals surface area contributed by atoms with E-state index in [0.717, 1.165) is 17.0 Å². The molecule has 3 atom stereocenters. The molecule has 108 valence electrons. The second-order valence-electron chi connectivity index (χ2n) is 5.46. The van der Waals surface area contributed by atoms with Crippen molar-refractivity contribution in [3.05, 3.63) is 15.6 Å². The molecule has 1 aliphatic rings. The van der Waals surface area contributed by atoms with Crippen LogP contribution in [-0.2, 0) is 6.54 Å². The zero-order chi connectivity index (χ0) is 14.0. The quantitative estimate of drug-likeness (QED) is 0.898. The maximum atomic E-state index is 4.82. The minimum atomic E-state index is 0.533. The van der Waals surface area contributed by atoms with Crippen molar-refractivity contribution in [2.75, 3.05) is 5.75 Å². The molecular weight excluding hydrogens is 292 g/mol. The van der Waals surface area contributed by atoms with Crippen LogP contribution in [0, 0.1) is 6.92 Å². The average Bonchev–Trinajstić information content (AvgIpc) is 2.71. The van der Waals surface area contributed by atoms with Gasteiger partial charge < -0.3 is 5.32 Å². The number of hydrogen-bond acceptors (Lipinski definition) is 5. The molecule has 1 aliphatic heterocycles. The van der Waals surface area contributed by atoms with Gasteiger partial charge in [0.1, 0.15) is 5.01 Å². The van der Waals surface area contributed by atoms with Gasteiger partial charge >= 0.3 is 0 Å². The third kappa shape index (κ3) is 4.13. The molecule has 1 fully saturated rings. The van der Waals surface area contributed by atoms with Crippen molar-refractivity contribution in [3.63, 3.8) is 0 Å². The molecule has 0 spiro atoms. The van der Waals surface area contributed by atoms with Crippen LogP contribution in [0.3, 0.4) is 0 Å². The van der Waals surface area contributed by atoms with E-state index in [9.17, 15) is 0 Å². The van der Waals surface area contributed by atoms with E-state index in [1.807, 2.05) is 11.3 Å². The van der Waals surface area contributed by atoms with Crippen LogP contribution in [0.15, 0.2) is 0 Å². The fraction of sp³-hybridized carbons (Fsp3) is 0.786. The van der Waals surface area contributed by atoms with Gasteiger partial charge in [-0.3, -0.25) is 0 Å². The van der Waals surface area contributed by atoms with Crippen LogP contribution in [0.2, 0.25) is 0 Å². The highest BCUT2D eigenvalue weighted by molar-refractivity contribution is 8.07. The SMILES string of the molecule is Cc1nc(C2CSC(C)C(C)S2)sc1CNC(C)C. The van der Waals surface area contributed by atoms with Crippen molar-refractivity contribution in [2.24, 2.45) is 0 Å². The van der Waals surface area contributed by atoms with Gasteiger partial charge in [-0.1, -0.05) is 27.7 Å². The molecule has 0 aromatic carbocycles. The number of rotatable bonds is 4. The fourth-order valence-corrected chi connectivity index (χ4v) is 6.17. The Labute approximate surface area is 129 Å². The third-order valence-corrected chi connectivity index (χ3v) is 8.23. The van der Waals surface area contributed by atoms with Gasteiger partial charge in [0.15, 0.2) is 0 Å². The molecule has 2 rings (SSSR count). The first-order valence-electron chi connectivity index (χ1n) is 6.94.